The number of rotatable bonds is 6. The van der Waals surface area contributed by atoms with E-state index in [-0.39, 0.29) is 12.0 Å². The Bertz CT molecular complexity index is 416. The average Bonchev–Trinajstić information content (AvgIpc) is 2.42. The Balaban J connectivity index is 2.32. The maximum Gasteiger partial charge on any atom is 0.410 e. The van der Waals surface area contributed by atoms with Crippen LogP contribution in [0.15, 0.2) is 11.8 Å². The van der Waals surface area contributed by atoms with Gasteiger partial charge >= 0.3 is 6.09 Å². The molecule has 0 aliphatic carbocycles. The fourth-order valence-corrected chi connectivity index (χ4v) is 2.47. The normalized spacial score (nSPS) is 15.3. The largest absolute Gasteiger partial charge is 0.444 e. The lowest BCUT2D eigenvalue weighted by atomic mass is 10.1. The van der Waals surface area contributed by atoms with Gasteiger partial charge in [-0.25, -0.2) is 4.79 Å². The molecule has 0 atom stereocenters. The molecule has 1 aliphatic heterocycles. The summed E-state index contributed by atoms with van der Waals surface area (Å²) >= 11 is 3.38. The number of amides is 2. The first kappa shape index (κ1) is 19.0. The molecule has 1 N–H and O–H groups in total. The lowest BCUT2D eigenvalue weighted by Gasteiger charge is -2.29. The minimum absolute atomic E-state index is 0.0616. The zero-order valence-corrected chi connectivity index (χ0v) is 15.4. The second-order valence-electron chi connectivity index (χ2n) is 6.45. The van der Waals surface area contributed by atoms with Crippen LogP contribution < -0.4 is 5.32 Å². The molecule has 6 heteroatoms. The summed E-state index contributed by atoms with van der Waals surface area (Å²) in [6.07, 6.45) is 5.87. The topological polar surface area (TPSA) is 58.6 Å². The Morgan fingerprint density at radius 3 is 2.59 bits per heavy atom. The summed E-state index contributed by atoms with van der Waals surface area (Å²) in [7, 11) is 0. The number of hydrogen-bond donors (Lipinski definition) is 1. The highest BCUT2D eigenvalue weighted by atomic mass is 79.9. The van der Waals surface area contributed by atoms with Crippen molar-refractivity contribution in [2.24, 2.45) is 0 Å². The molecule has 0 bridgehead atoms. The van der Waals surface area contributed by atoms with E-state index in [1.54, 1.807) is 4.90 Å². The van der Waals surface area contributed by atoms with E-state index >= 15 is 0 Å². The van der Waals surface area contributed by atoms with Gasteiger partial charge in [0.15, 0.2) is 0 Å². The molecular formula is C16H27BrN2O3. The van der Waals surface area contributed by atoms with E-state index in [0.29, 0.717) is 25.9 Å². The summed E-state index contributed by atoms with van der Waals surface area (Å²) < 4.78 is 5.34. The lowest BCUT2D eigenvalue weighted by Crippen LogP contribution is -2.40. The van der Waals surface area contributed by atoms with Crippen LogP contribution in [-0.2, 0) is 9.53 Å². The maximum absolute atomic E-state index is 11.9. The van der Waals surface area contributed by atoms with Crippen LogP contribution in [-0.4, -0.2) is 40.9 Å². The minimum atomic E-state index is -0.482. The van der Waals surface area contributed by atoms with Crippen LogP contribution in [0.1, 0.15) is 52.9 Å². The fraction of sp³-hybridized carbons (Fsp3) is 0.750. The van der Waals surface area contributed by atoms with Crippen LogP contribution in [0.2, 0.25) is 0 Å². The van der Waals surface area contributed by atoms with Crippen molar-refractivity contribution in [1.82, 2.24) is 10.2 Å². The number of halogens is 1. The molecule has 0 aromatic carbocycles. The molecule has 22 heavy (non-hydrogen) atoms. The van der Waals surface area contributed by atoms with E-state index in [1.165, 1.54) is 0 Å². The molecule has 0 saturated carbocycles. The Labute approximate surface area is 141 Å². The van der Waals surface area contributed by atoms with Gasteiger partial charge in [0.1, 0.15) is 5.60 Å². The average molecular weight is 375 g/mol. The number of carbonyl (C=O) groups excluding carboxylic acids is 2. The minimum Gasteiger partial charge on any atom is -0.444 e. The van der Waals surface area contributed by atoms with E-state index in [4.69, 9.17) is 4.74 Å². The molecule has 126 valence electrons. The Hall–Kier alpha value is -1.04. The first-order valence-electron chi connectivity index (χ1n) is 7.84. The quantitative estimate of drug-likeness (QED) is 0.570. The van der Waals surface area contributed by atoms with E-state index in [9.17, 15) is 9.59 Å². The van der Waals surface area contributed by atoms with E-state index in [1.807, 2.05) is 26.8 Å². The Kier molecular flexibility index (Phi) is 7.93. The summed E-state index contributed by atoms with van der Waals surface area (Å²) in [6, 6.07) is 0. The molecule has 0 saturated heterocycles. The molecule has 2 amide bonds. The van der Waals surface area contributed by atoms with Crippen molar-refractivity contribution in [2.45, 2.75) is 58.5 Å². The molecule has 0 radical (unpaired) electrons. The SMILES string of the molecule is CC(C)(C)OC(=O)N1CC=C(NC(=O)CCCCCBr)CC1. The highest BCUT2D eigenvalue weighted by Crippen LogP contribution is 2.14. The monoisotopic (exact) mass is 374 g/mol. The van der Waals surface area contributed by atoms with Crippen LogP contribution >= 0.6 is 15.9 Å². The first-order chi connectivity index (χ1) is 10.3. The van der Waals surface area contributed by atoms with Crippen molar-refractivity contribution in [1.29, 1.82) is 0 Å². The second kappa shape index (κ2) is 9.18. The van der Waals surface area contributed by atoms with E-state index in [2.05, 4.69) is 21.2 Å². The van der Waals surface area contributed by atoms with Crippen molar-refractivity contribution in [2.75, 3.05) is 18.4 Å². The number of nitrogens with zero attached hydrogens (tertiary/aromatic N) is 1. The van der Waals surface area contributed by atoms with E-state index in [0.717, 1.165) is 30.3 Å². The molecule has 0 aromatic heterocycles. The summed E-state index contributed by atoms with van der Waals surface area (Å²) in [5, 5.41) is 3.92. The lowest BCUT2D eigenvalue weighted by molar-refractivity contribution is -0.120. The van der Waals surface area contributed by atoms with Gasteiger partial charge in [-0.3, -0.25) is 4.79 Å². The Morgan fingerprint density at radius 1 is 1.32 bits per heavy atom. The molecule has 0 spiro atoms. The smallest absolute Gasteiger partial charge is 0.410 e. The van der Waals surface area contributed by atoms with Gasteiger partial charge in [-0.2, -0.15) is 0 Å². The summed E-state index contributed by atoms with van der Waals surface area (Å²) in [5.41, 5.74) is 0.426. The summed E-state index contributed by atoms with van der Waals surface area (Å²) in [6.45, 7) is 6.61. The molecule has 1 rings (SSSR count). The van der Waals surface area contributed by atoms with Gasteiger partial charge in [0.05, 0.1) is 0 Å². The van der Waals surface area contributed by atoms with Gasteiger partial charge in [0.2, 0.25) is 5.91 Å². The van der Waals surface area contributed by atoms with E-state index < -0.39 is 5.60 Å². The van der Waals surface area contributed by atoms with Crippen LogP contribution in [0.4, 0.5) is 4.79 Å². The standard InChI is InChI=1S/C16H27BrN2O3/c1-16(2,3)22-15(21)19-11-8-13(9-12-19)18-14(20)7-5-4-6-10-17/h8H,4-7,9-12H2,1-3H3,(H,18,20). The molecule has 0 fully saturated rings. The zero-order chi connectivity index (χ0) is 16.6. The highest BCUT2D eigenvalue weighted by Gasteiger charge is 2.23. The number of carbonyl (C=O) groups is 2. The zero-order valence-electron chi connectivity index (χ0n) is 13.8. The third-order valence-corrected chi connectivity index (χ3v) is 3.76. The van der Waals surface area contributed by atoms with Crippen LogP contribution in [0.5, 0.6) is 0 Å². The number of hydrogen-bond acceptors (Lipinski definition) is 3. The van der Waals surface area contributed by atoms with Crippen LogP contribution in [0.3, 0.4) is 0 Å². The second-order valence-corrected chi connectivity index (χ2v) is 7.25. The summed E-state index contributed by atoms with van der Waals surface area (Å²) in [5.74, 6) is 0.0616. The predicted octanol–water partition coefficient (Wildman–Crippen LogP) is 3.58. The Morgan fingerprint density at radius 2 is 2.05 bits per heavy atom. The number of alkyl halides is 1. The maximum atomic E-state index is 11.9. The third kappa shape index (κ3) is 7.82. The molecule has 0 unspecified atom stereocenters. The van der Waals surface area contributed by atoms with Crippen molar-refractivity contribution in [3.63, 3.8) is 0 Å². The van der Waals surface area contributed by atoms with Crippen molar-refractivity contribution in [3.8, 4) is 0 Å². The highest BCUT2D eigenvalue weighted by molar-refractivity contribution is 9.09. The van der Waals surface area contributed by atoms with Crippen molar-refractivity contribution < 1.29 is 14.3 Å². The molecule has 0 aromatic rings. The van der Waals surface area contributed by atoms with Crippen molar-refractivity contribution >= 4 is 27.9 Å². The van der Waals surface area contributed by atoms with Gasteiger partial charge < -0.3 is 15.0 Å². The number of ether oxygens (including phenoxy) is 1. The van der Waals surface area contributed by atoms with Gasteiger partial charge in [-0.05, 0) is 39.7 Å². The first-order valence-corrected chi connectivity index (χ1v) is 8.97. The molecule has 1 heterocycles. The number of unbranched alkanes of at least 4 members (excludes halogenated alkanes) is 2. The van der Waals surface area contributed by atoms with Gasteiger partial charge in [-0.1, -0.05) is 22.4 Å². The molecule has 5 nitrogen and oxygen atoms in total. The fourth-order valence-electron chi connectivity index (χ4n) is 2.07. The predicted molar refractivity (Wildman–Crippen MR) is 90.9 cm³/mol. The van der Waals surface area contributed by atoms with Crippen LogP contribution in [0.25, 0.3) is 0 Å². The van der Waals surface area contributed by atoms with Gasteiger partial charge in [0, 0.05) is 37.0 Å². The van der Waals surface area contributed by atoms with Gasteiger partial charge in [0.25, 0.3) is 0 Å². The van der Waals surface area contributed by atoms with Gasteiger partial charge in [-0.15, -0.1) is 0 Å². The summed E-state index contributed by atoms with van der Waals surface area (Å²) in [4.78, 5) is 25.4. The third-order valence-electron chi connectivity index (χ3n) is 3.20. The van der Waals surface area contributed by atoms with Crippen molar-refractivity contribution in [3.05, 3.63) is 11.8 Å². The molecular weight excluding hydrogens is 348 g/mol. The van der Waals surface area contributed by atoms with Crippen LogP contribution in [0, 0.1) is 0 Å². The molecule has 1 aliphatic rings. The number of nitrogens with one attached hydrogen (secondary N) is 1.